The largest absolute Gasteiger partial charge is 0.383 e. The van der Waals surface area contributed by atoms with Gasteiger partial charge in [-0.2, -0.15) is 0 Å². The summed E-state index contributed by atoms with van der Waals surface area (Å²) in [5, 5.41) is 6.06. The minimum Gasteiger partial charge on any atom is -0.383 e. The average molecular weight is 323 g/mol. The Hall–Kier alpha value is -0.360. The van der Waals surface area contributed by atoms with Crippen molar-refractivity contribution in [3.63, 3.8) is 0 Å². The van der Waals surface area contributed by atoms with Crippen LogP contribution in [0.3, 0.4) is 0 Å². The average Bonchev–Trinajstić information content (AvgIpc) is 2.40. The summed E-state index contributed by atoms with van der Waals surface area (Å²) in [4.78, 5) is 11.7. The summed E-state index contributed by atoms with van der Waals surface area (Å²) in [5.41, 5.74) is 0.118. The third kappa shape index (κ3) is 8.00. The zero-order valence-electron chi connectivity index (χ0n) is 13.7. The molecule has 2 atom stereocenters. The van der Waals surface area contributed by atoms with E-state index in [-0.39, 0.29) is 29.8 Å². The van der Waals surface area contributed by atoms with Crippen molar-refractivity contribution in [2.24, 2.45) is 11.3 Å². The van der Waals surface area contributed by atoms with E-state index in [0.717, 1.165) is 19.4 Å². The number of methoxy groups -OCH3 is 1. The lowest BCUT2D eigenvalue weighted by Gasteiger charge is -2.40. The maximum absolute atomic E-state index is 11.7. The molecule has 2 N–H and O–H groups in total. The van der Waals surface area contributed by atoms with Crippen LogP contribution in [0.5, 0.6) is 0 Å². The quantitative estimate of drug-likeness (QED) is 0.699. The minimum atomic E-state index is 0. The third-order valence-electron chi connectivity index (χ3n) is 3.63. The fourth-order valence-corrected chi connectivity index (χ4v) is 2.69. The summed E-state index contributed by atoms with van der Waals surface area (Å²) in [6.45, 7) is 9.80. The van der Waals surface area contributed by atoms with Crippen LogP contribution in [0.25, 0.3) is 0 Å². The summed E-state index contributed by atoms with van der Waals surface area (Å²) >= 11 is 0. The second kappa shape index (κ2) is 10.4. The summed E-state index contributed by atoms with van der Waals surface area (Å²) < 4.78 is 10.8. The molecule has 0 aliphatic carbocycles. The zero-order valence-corrected chi connectivity index (χ0v) is 14.6. The topological polar surface area (TPSA) is 59.6 Å². The first-order valence-corrected chi connectivity index (χ1v) is 7.53. The lowest BCUT2D eigenvalue weighted by Crippen LogP contribution is -2.46. The zero-order chi connectivity index (χ0) is 15.0. The van der Waals surface area contributed by atoms with Crippen LogP contribution in [0.15, 0.2) is 0 Å². The number of amides is 1. The van der Waals surface area contributed by atoms with Crippen LogP contribution >= 0.6 is 12.4 Å². The molecule has 5 nitrogen and oxygen atoms in total. The smallest absolute Gasteiger partial charge is 0.233 e. The molecule has 6 heteroatoms. The normalized spacial score (nSPS) is 22.5. The maximum atomic E-state index is 11.7. The van der Waals surface area contributed by atoms with E-state index in [1.165, 1.54) is 0 Å². The van der Waals surface area contributed by atoms with E-state index in [1.807, 2.05) is 0 Å². The van der Waals surface area contributed by atoms with Crippen molar-refractivity contribution in [2.75, 3.05) is 40.0 Å². The minimum absolute atomic E-state index is 0. The Labute approximate surface area is 134 Å². The highest BCUT2D eigenvalue weighted by Crippen LogP contribution is 2.33. The van der Waals surface area contributed by atoms with Gasteiger partial charge < -0.3 is 20.1 Å². The molecule has 0 saturated carbocycles. The van der Waals surface area contributed by atoms with Crippen LogP contribution in [0, 0.1) is 11.3 Å². The van der Waals surface area contributed by atoms with E-state index in [2.05, 4.69) is 31.4 Å². The van der Waals surface area contributed by atoms with Crippen molar-refractivity contribution in [1.82, 2.24) is 10.6 Å². The first-order valence-electron chi connectivity index (χ1n) is 7.53. The second-order valence-electron chi connectivity index (χ2n) is 6.53. The molecule has 1 aliphatic heterocycles. The molecule has 126 valence electrons. The molecule has 0 spiro atoms. The van der Waals surface area contributed by atoms with Crippen molar-refractivity contribution in [3.05, 3.63) is 0 Å². The molecule has 0 radical (unpaired) electrons. The van der Waals surface area contributed by atoms with E-state index in [1.54, 1.807) is 7.11 Å². The number of ether oxygens (including phenoxy) is 2. The van der Waals surface area contributed by atoms with E-state index < -0.39 is 0 Å². The monoisotopic (exact) mass is 322 g/mol. The van der Waals surface area contributed by atoms with Crippen LogP contribution in [-0.4, -0.2) is 52.0 Å². The molecule has 1 rings (SSSR count). The number of hydrogen-bond donors (Lipinski definition) is 2. The molecule has 0 bridgehead atoms. The summed E-state index contributed by atoms with van der Waals surface area (Å²) in [6, 6.07) is 0. The van der Waals surface area contributed by atoms with Crippen LogP contribution in [0.4, 0.5) is 0 Å². The first-order chi connectivity index (χ1) is 9.45. The lowest BCUT2D eigenvalue weighted by molar-refractivity contribution is -0.122. The maximum Gasteiger partial charge on any atom is 0.233 e. The van der Waals surface area contributed by atoms with Gasteiger partial charge in [-0.25, -0.2) is 0 Å². The standard InChI is InChI=1S/C15H30N2O3.ClH/c1-15(2,3)14-12(6-5-8-20-14)10-17-13(18)11-16-7-9-19-4;/h12,14,16H,5-11H2,1-4H3,(H,17,18);1H. The van der Waals surface area contributed by atoms with Gasteiger partial charge in [0.1, 0.15) is 0 Å². The molecule has 0 aromatic carbocycles. The van der Waals surface area contributed by atoms with Crippen molar-refractivity contribution in [3.8, 4) is 0 Å². The van der Waals surface area contributed by atoms with Gasteiger partial charge in [-0.1, -0.05) is 20.8 Å². The molecule has 1 aliphatic rings. The van der Waals surface area contributed by atoms with Gasteiger partial charge in [-0.3, -0.25) is 4.79 Å². The van der Waals surface area contributed by atoms with Gasteiger partial charge in [-0.15, -0.1) is 12.4 Å². The van der Waals surface area contributed by atoms with E-state index >= 15 is 0 Å². The van der Waals surface area contributed by atoms with Crippen molar-refractivity contribution >= 4 is 18.3 Å². The van der Waals surface area contributed by atoms with E-state index in [9.17, 15) is 4.79 Å². The van der Waals surface area contributed by atoms with Crippen LogP contribution in [-0.2, 0) is 14.3 Å². The molecule has 1 heterocycles. The van der Waals surface area contributed by atoms with Gasteiger partial charge in [0, 0.05) is 32.7 Å². The van der Waals surface area contributed by atoms with Gasteiger partial charge >= 0.3 is 0 Å². The molecular formula is C15H31ClN2O3. The number of carbonyl (C=O) groups excluding carboxylic acids is 1. The Balaban J connectivity index is 0.00000400. The highest BCUT2D eigenvalue weighted by atomic mass is 35.5. The van der Waals surface area contributed by atoms with Gasteiger partial charge in [0.25, 0.3) is 0 Å². The Morgan fingerprint density at radius 1 is 1.38 bits per heavy atom. The molecule has 0 aromatic heterocycles. The summed E-state index contributed by atoms with van der Waals surface area (Å²) in [7, 11) is 1.65. The number of nitrogens with one attached hydrogen (secondary N) is 2. The Morgan fingerprint density at radius 3 is 2.71 bits per heavy atom. The summed E-state index contributed by atoms with van der Waals surface area (Å²) in [5.74, 6) is 0.450. The predicted octanol–water partition coefficient (Wildman–Crippen LogP) is 1.60. The molecule has 1 amide bonds. The van der Waals surface area contributed by atoms with Gasteiger partial charge in [0.15, 0.2) is 0 Å². The van der Waals surface area contributed by atoms with E-state index in [4.69, 9.17) is 9.47 Å². The summed E-state index contributed by atoms with van der Waals surface area (Å²) in [6.07, 6.45) is 2.43. The van der Waals surface area contributed by atoms with Gasteiger partial charge in [-0.05, 0) is 18.3 Å². The van der Waals surface area contributed by atoms with Crippen LogP contribution < -0.4 is 10.6 Å². The molecule has 21 heavy (non-hydrogen) atoms. The van der Waals surface area contributed by atoms with Crippen molar-refractivity contribution in [1.29, 1.82) is 0 Å². The Kier molecular flexibility index (Phi) is 10.2. The van der Waals surface area contributed by atoms with E-state index in [0.29, 0.717) is 32.2 Å². The molecular weight excluding hydrogens is 292 g/mol. The fourth-order valence-electron chi connectivity index (χ4n) is 2.69. The van der Waals surface area contributed by atoms with Gasteiger partial charge in [0.2, 0.25) is 5.91 Å². The third-order valence-corrected chi connectivity index (χ3v) is 3.63. The predicted molar refractivity (Wildman–Crippen MR) is 86.9 cm³/mol. The molecule has 2 unspecified atom stereocenters. The Bertz CT molecular complexity index is 295. The van der Waals surface area contributed by atoms with Crippen LogP contribution in [0.2, 0.25) is 0 Å². The number of hydrogen-bond acceptors (Lipinski definition) is 4. The second-order valence-corrected chi connectivity index (χ2v) is 6.53. The lowest BCUT2D eigenvalue weighted by atomic mass is 9.78. The highest BCUT2D eigenvalue weighted by molar-refractivity contribution is 5.85. The van der Waals surface area contributed by atoms with Crippen molar-refractivity contribution < 1.29 is 14.3 Å². The number of carbonyl (C=O) groups is 1. The molecule has 1 saturated heterocycles. The number of rotatable bonds is 7. The van der Waals surface area contributed by atoms with Crippen LogP contribution in [0.1, 0.15) is 33.6 Å². The van der Waals surface area contributed by atoms with Crippen molar-refractivity contribution in [2.45, 2.75) is 39.7 Å². The fraction of sp³-hybridized carbons (Fsp3) is 0.933. The Morgan fingerprint density at radius 2 is 2.10 bits per heavy atom. The molecule has 0 aromatic rings. The SMILES string of the molecule is COCCNCC(=O)NCC1CCCOC1C(C)(C)C.Cl. The highest BCUT2D eigenvalue weighted by Gasteiger charge is 2.35. The first kappa shape index (κ1) is 20.6. The molecule has 1 fully saturated rings. The number of halogens is 1. The van der Waals surface area contributed by atoms with Gasteiger partial charge in [0.05, 0.1) is 19.3 Å².